The number of anilines is 2. The van der Waals surface area contributed by atoms with E-state index in [1.807, 2.05) is 24.3 Å². The Labute approximate surface area is 122 Å². The quantitative estimate of drug-likeness (QED) is 0.888. The average Bonchev–Trinajstić information content (AvgIpc) is 2.48. The fourth-order valence-electron chi connectivity index (χ4n) is 1.52. The number of hydrogen-bond acceptors (Lipinski definition) is 4. The van der Waals surface area contributed by atoms with E-state index >= 15 is 0 Å². The highest BCUT2D eigenvalue weighted by atomic mass is 35.5. The van der Waals surface area contributed by atoms with Gasteiger partial charge in [0, 0.05) is 18.0 Å². The molecule has 0 atom stereocenters. The molecule has 2 rings (SSSR count). The molecule has 0 aliphatic carbocycles. The van der Waals surface area contributed by atoms with Crippen molar-refractivity contribution in [3.63, 3.8) is 0 Å². The maximum Gasteiger partial charge on any atom is 0.225 e. The normalized spacial score (nSPS) is 10.1. The predicted octanol–water partition coefficient (Wildman–Crippen LogP) is 3.09. The second-order valence-corrected chi connectivity index (χ2v) is 4.62. The number of hydrogen-bond donors (Lipinski definition) is 2. The zero-order chi connectivity index (χ0) is 14.4. The van der Waals surface area contributed by atoms with Crippen LogP contribution in [0, 0.1) is 0 Å². The lowest BCUT2D eigenvalue weighted by Gasteiger charge is -2.06. The molecule has 0 radical (unpaired) electrons. The Hall–Kier alpha value is -2.14. The zero-order valence-corrected chi connectivity index (χ0v) is 11.8. The number of nitrogens with one attached hydrogen (secondary N) is 2. The standard InChI is InChI=1S/C14H15ClN4O/c1-2-14(20)17-13-8-7-12(18-19-13)16-9-10-3-5-11(15)6-4-10/h3-8H,2,9H2,1H3,(H,16,18)(H,17,19,20). The molecule has 0 saturated carbocycles. The van der Waals surface area contributed by atoms with Gasteiger partial charge in [-0.2, -0.15) is 0 Å². The lowest BCUT2D eigenvalue weighted by molar-refractivity contribution is -0.115. The van der Waals surface area contributed by atoms with Crippen molar-refractivity contribution >= 4 is 29.1 Å². The molecule has 104 valence electrons. The van der Waals surface area contributed by atoms with Crippen molar-refractivity contribution < 1.29 is 4.79 Å². The first-order valence-electron chi connectivity index (χ1n) is 6.29. The molecule has 0 bridgehead atoms. The fraction of sp³-hybridized carbons (Fsp3) is 0.214. The minimum atomic E-state index is -0.0822. The fourth-order valence-corrected chi connectivity index (χ4v) is 1.65. The zero-order valence-electron chi connectivity index (χ0n) is 11.1. The van der Waals surface area contributed by atoms with Crippen LogP contribution in [-0.2, 0) is 11.3 Å². The molecule has 1 heterocycles. The van der Waals surface area contributed by atoms with Crippen molar-refractivity contribution in [2.24, 2.45) is 0 Å². The van der Waals surface area contributed by atoms with Gasteiger partial charge in [-0.25, -0.2) is 0 Å². The summed E-state index contributed by atoms with van der Waals surface area (Å²) in [5.74, 6) is 1.02. The van der Waals surface area contributed by atoms with Gasteiger partial charge in [-0.3, -0.25) is 4.79 Å². The largest absolute Gasteiger partial charge is 0.365 e. The highest BCUT2D eigenvalue weighted by Gasteiger charge is 2.01. The number of nitrogens with zero attached hydrogens (tertiary/aromatic N) is 2. The molecule has 0 spiro atoms. The Morgan fingerprint density at radius 1 is 1.10 bits per heavy atom. The minimum absolute atomic E-state index is 0.0822. The molecular formula is C14H15ClN4O. The summed E-state index contributed by atoms with van der Waals surface area (Å²) < 4.78 is 0. The molecule has 0 aliphatic heterocycles. The van der Waals surface area contributed by atoms with Gasteiger partial charge in [0.1, 0.15) is 5.82 Å². The van der Waals surface area contributed by atoms with Crippen LogP contribution in [0.1, 0.15) is 18.9 Å². The Morgan fingerprint density at radius 3 is 2.35 bits per heavy atom. The molecule has 6 heteroatoms. The number of aromatic nitrogens is 2. The van der Waals surface area contributed by atoms with E-state index in [1.165, 1.54) is 0 Å². The maximum absolute atomic E-state index is 11.2. The van der Waals surface area contributed by atoms with Crippen molar-refractivity contribution in [3.8, 4) is 0 Å². The van der Waals surface area contributed by atoms with Crippen molar-refractivity contribution in [1.29, 1.82) is 0 Å². The van der Waals surface area contributed by atoms with Gasteiger partial charge in [-0.15, -0.1) is 10.2 Å². The Balaban J connectivity index is 1.90. The first kappa shape index (κ1) is 14.3. The first-order chi connectivity index (χ1) is 9.67. The Kier molecular flexibility index (Phi) is 4.90. The Bertz CT molecular complexity index is 569. The van der Waals surface area contributed by atoms with Gasteiger partial charge < -0.3 is 10.6 Å². The van der Waals surface area contributed by atoms with E-state index in [0.29, 0.717) is 29.6 Å². The van der Waals surface area contributed by atoms with Crippen LogP contribution in [0.5, 0.6) is 0 Å². The minimum Gasteiger partial charge on any atom is -0.365 e. The highest BCUT2D eigenvalue weighted by molar-refractivity contribution is 6.30. The maximum atomic E-state index is 11.2. The molecule has 20 heavy (non-hydrogen) atoms. The SMILES string of the molecule is CCC(=O)Nc1ccc(NCc2ccc(Cl)cc2)nn1. The monoisotopic (exact) mass is 290 g/mol. The van der Waals surface area contributed by atoms with Crippen LogP contribution in [0.15, 0.2) is 36.4 Å². The van der Waals surface area contributed by atoms with Crippen LogP contribution < -0.4 is 10.6 Å². The average molecular weight is 291 g/mol. The van der Waals surface area contributed by atoms with Crippen molar-refractivity contribution in [1.82, 2.24) is 10.2 Å². The third-order valence-electron chi connectivity index (χ3n) is 2.64. The number of amides is 1. The summed E-state index contributed by atoms with van der Waals surface area (Å²) in [5.41, 5.74) is 1.10. The summed E-state index contributed by atoms with van der Waals surface area (Å²) in [6, 6.07) is 11.1. The smallest absolute Gasteiger partial charge is 0.225 e. The van der Waals surface area contributed by atoms with Crippen molar-refractivity contribution in [2.75, 3.05) is 10.6 Å². The number of carbonyl (C=O) groups is 1. The van der Waals surface area contributed by atoms with Gasteiger partial charge >= 0.3 is 0 Å². The summed E-state index contributed by atoms with van der Waals surface area (Å²) in [6.45, 7) is 2.41. The van der Waals surface area contributed by atoms with Gasteiger partial charge in [0.15, 0.2) is 5.82 Å². The lowest BCUT2D eigenvalue weighted by Crippen LogP contribution is -2.11. The molecule has 0 unspecified atom stereocenters. The van der Waals surface area contributed by atoms with Gasteiger partial charge in [0.05, 0.1) is 0 Å². The topological polar surface area (TPSA) is 66.9 Å². The second kappa shape index (κ2) is 6.86. The van der Waals surface area contributed by atoms with Crippen LogP contribution in [0.4, 0.5) is 11.6 Å². The summed E-state index contributed by atoms with van der Waals surface area (Å²) in [4.78, 5) is 11.2. The van der Waals surface area contributed by atoms with Crippen LogP contribution in [0.25, 0.3) is 0 Å². The predicted molar refractivity (Wildman–Crippen MR) is 79.7 cm³/mol. The van der Waals surface area contributed by atoms with E-state index in [9.17, 15) is 4.79 Å². The molecule has 1 amide bonds. The van der Waals surface area contributed by atoms with Crippen LogP contribution in [0.2, 0.25) is 5.02 Å². The molecule has 0 aliphatic rings. The first-order valence-corrected chi connectivity index (χ1v) is 6.67. The van der Waals surface area contributed by atoms with Crippen LogP contribution in [0.3, 0.4) is 0 Å². The van der Waals surface area contributed by atoms with E-state index in [1.54, 1.807) is 19.1 Å². The molecule has 1 aromatic carbocycles. The van der Waals surface area contributed by atoms with E-state index < -0.39 is 0 Å². The van der Waals surface area contributed by atoms with E-state index in [-0.39, 0.29) is 5.91 Å². The molecule has 0 fully saturated rings. The van der Waals surface area contributed by atoms with Crippen LogP contribution >= 0.6 is 11.6 Å². The van der Waals surface area contributed by atoms with Crippen molar-refractivity contribution in [2.45, 2.75) is 19.9 Å². The number of benzene rings is 1. The molecular weight excluding hydrogens is 276 g/mol. The van der Waals surface area contributed by atoms with E-state index in [0.717, 1.165) is 5.56 Å². The number of carbonyl (C=O) groups excluding carboxylic acids is 1. The summed E-state index contributed by atoms with van der Waals surface area (Å²) >= 11 is 5.82. The van der Waals surface area contributed by atoms with Crippen molar-refractivity contribution in [3.05, 3.63) is 47.0 Å². The third kappa shape index (κ3) is 4.20. The molecule has 5 nitrogen and oxygen atoms in total. The second-order valence-electron chi connectivity index (χ2n) is 4.19. The van der Waals surface area contributed by atoms with Gasteiger partial charge in [0.2, 0.25) is 5.91 Å². The van der Waals surface area contributed by atoms with Crippen LogP contribution in [-0.4, -0.2) is 16.1 Å². The summed E-state index contributed by atoms with van der Waals surface area (Å²) in [6.07, 6.45) is 0.415. The molecule has 1 aromatic heterocycles. The lowest BCUT2D eigenvalue weighted by atomic mass is 10.2. The third-order valence-corrected chi connectivity index (χ3v) is 2.89. The van der Waals surface area contributed by atoms with E-state index in [2.05, 4.69) is 20.8 Å². The van der Waals surface area contributed by atoms with Gasteiger partial charge in [-0.1, -0.05) is 30.7 Å². The summed E-state index contributed by atoms with van der Waals surface area (Å²) in [7, 11) is 0. The molecule has 2 aromatic rings. The number of rotatable bonds is 5. The van der Waals surface area contributed by atoms with Gasteiger partial charge in [0.25, 0.3) is 0 Å². The Morgan fingerprint density at radius 2 is 1.75 bits per heavy atom. The molecule has 2 N–H and O–H groups in total. The molecule has 0 saturated heterocycles. The summed E-state index contributed by atoms with van der Waals surface area (Å²) in [5, 5.41) is 14.4. The van der Waals surface area contributed by atoms with E-state index in [4.69, 9.17) is 11.6 Å². The highest BCUT2D eigenvalue weighted by Crippen LogP contribution is 2.11. The van der Waals surface area contributed by atoms with Gasteiger partial charge in [-0.05, 0) is 29.8 Å². The number of halogens is 1.